The third kappa shape index (κ3) is 1.77. The van der Waals surface area contributed by atoms with Crippen LogP contribution in [0.15, 0.2) is 24.4 Å². The molecule has 2 amide bonds. The molecule has 0 radical (unpaired) electrons. The maximum Gasteiger partial charge on any atom is 0.289 e. The summed E-state index contributed by atoms with van der Waals surface area (Å²) in [7, 11) is 0. The SMILES string of the molecule is O=C1CSC(=O)N1Cc1ccccn1. The highest BCUT2D eigenvalue weighted by molar-refractivity contribution is 8.14. The number of aromatic nitrogens is 1. The monoisotopic (exact) mass is 208 g/mol. The fraction of sp³-hybridized carbons (Fsp3) is 0.222. The van der Waals surface area contributed by atoms with E-state index in [2.05, 4.69) is 4.98 Å². The molecule has 72 valence electrons. The molecule has 1 aliphatic heterocycles. The van der Waals surface area contributed by atoms with E-state index in [9.17, 15) is 9.59 Å². The normalized spacial score (nSPS) is 16.4. The second-order valence-corrected chi connectivity index (χ2v) is 3.78. The molecule has 0 unspecified atom stereocenters. The second kappa shape index (κ2) is 3.79. The van der Waals surface area contributed by atoms with Gasteiger partial charge in [-0.15, -0.1) is 0 Å². The van der Waals surface area contributed by atoms with Gasteiger partial charge < -0.3 is 0 Å². The van der Waals surface area contributed by atoms with E-state index in [0.29, 0.717) is 0 Å². The van der Waals surface area contributed by atoms with Gasteiger partial charge in [0.05, 0.1) is 18.0 Å². The van der Waals surface area contributed by atoms with E-state index in [1.165, 1.54) is 4.90 Å². The van der Waals surface area contributed by atoms with Crippen molar-refractivity contribution in [2.45, 2.75) is 6.54 Å². The standard InChI is InChI=1S/C9H8N2O2S/c12-8-6-14-9(13)11(8)5-7-3-1-2-4-10-7/h1-4H,5-6H2. The fourth-order valence-corrected chi connectivity index (χ4v) is 1.91. The number of nitrogens with zero attached hydrogens (tertiary/aromatic N) is 2. The number of hydrogen-bond acceptors (Lipinski definition) is 4. The minimum absolute atomic E-state index is 0.134. The van der Waals surface area contributed by atoms with Crippen molar-refractivity contribution < 1.29 is 9.59 Å². The minimum atomic E-state index is -0.180. The summed E-state index contributed by atoms with van der Waals surface area (Å²) in [6.45, 7) is 0.283. The van der Waals surface area contributed by atoms with Crippen molar-refractivity contribution in [2.75, 3.05) is 5.75 Å². The molecule has 0 aromatic carbocycles. The van der Waals surface area contributed by atoms with Gasteiger partial charge in [0, 0.05) is 6.20 Å². The second-order valence-electron chi connectivity index (χ2n) is 2.86. The minimum Gasteiger partial charge on any atom is -0.273 e. The predicted molar refractivity (Wildman–Crippen MR) is 52.6 cm³/mol. The van der Waals surface area contributed by atoms with Crippen LogP contribution in [0.25, 0.3) is 0 Å². The Labute approximate surface area is 85.3 Å². The molecule has 1 saturated heterocycles. The van der Waals surface area contributed by atoms with Gasteiger partial charge in [-0.2, -0.15) is 0 Å². The van der Waals surface area contributed by atoms with Gasteiger partial charge in [-0.25, -0.2) is 0 Å². The van der Waals surface area contributed by atoms with Gasteiger partial charge in [0.1, 0.15) is 0 Å². The number of rotatable bonds is 2. The van der Waals surface area contributed by atoms with Crippen LogP contribution in [0.2, 0.25) is 0 Å². The zero-order valence-corrected chi connectivity index (χ0v) is 8.16. The first-order chi connectivity index (χ1) is 6.77. The van der Waals surface area contributed by atoms with Gasteiger partial charge in [0.2, 0.25) is 5.91 Å². The summed E-state index contributed by atoms with van der Waals surface area (Å²) in [4.78, 5) is 27.8. The number of imide groups is 1. The molecule has 1 fully saturated rings. The van der Waals surface area contributed by atoms with Crippen molar-refractivity contribution in [3.05, 3.63) is 30.1 Å². The summed E-state index contributed by atoms with van der Waals surface area (Å²) in [5.74, 6) is 0.122. The van der Waals surface area contributed by atoms with Gasteiger partial charge >= 0.3 is 0 Å². The van der Waals surface area contributed by atoms with E-state index < -0.39 is 0 Å². The quantitative estimate of drug-likeness (QED) is 0.734. The average Bonchev–Trinajstić information content (AvgIpc) is 2.51. The molecule has 1 aliphatic rings. The topological polar surface area (TPSA) is 50.3 Å². The van der Waals surface area contributed by atoms with Crippen LogP contribution in [0.3, 0.4) is 0 Å². The Kier molecular flexibility index (Phi) is 2.49. The Hall–Kier alpha value is -1.36. The lowest BCUT2D eigenvalue weighted by Crippen LogP contribution is -2.28. The summed E-state index contributed by atoms with van der Waals surface area (Å²) in [6.07, 6.45) is 1.65. The summed E-state index contributed by atoms with van der Waals surface area (Å²) < 4.78 is 0. The largest absolute Gasteiger partial charge is 0.289 e. The molecule has 0 aliphatic carbocycles. The molecular weight excluding hydrogens is 200 g/mol. The molecule has 4 nitrogen and oxygen atoms in total. The highest BCUT2D eigenvalue weighted by Gasteiger charge is 2.29. The zero-order valence-electron chi connectivity index (χ0n) is 7.34. The van der Waals surface area contributed by atoms with Crippen LogP contribution in [0.5, 0.6) is 0 Å². The maximum atomic E-state index is 11.2. The van der Waals surface area contributed by atoms with Gasteiger partial charge in [-0.05, 0) is 12.1 Å². The molecule has 1 aromatic heterocycles. The molecular formula is C9H8N2O2S. The van der Waals surface area contributed by atoms with Crippen molar-refractivity contribution in [1.82, 2.24) is 9.88 Å². The average molecular weight is 208 g/mol. The van der Waals surface area contributed by atoms with Crippen LogP contribution in [-0.4, -0.2) is 26.8 Å². The van der Waals surface area contributed by atoms with Crippen molar-refractivity contribution in [3.8, 4) is 0 Å². The molecule has 0 N–H and O–H groups in total. The Bertz CT molecular complexity index is 350. The molecule has 2 rings (SSSR count). The molecule has 0 saturated carbocycles. The third-order valence-corrected chi connectivity index (χ3v) is 2.75. The molecule has 0 bridgehead atoms. The van der Waals surface area contributed by atoms with Crippen LogP contribution in [0.1, 0.15) is 5.69 Å². The summed E-state index contributed by atoms with van der Waals surface area (Å²) in [6, 6.07) is 5.43. The van der Waals surface area contributed by atoms with E-state index in [0.717, 1.165) is 17.5 Å². The predicted octanol–water partition coefficient (Wildman–Crippen LogP) is 1.28. The molecule has 2 heterocycles. The zero-order chi connectivity index (χ0) is 9.97. The van der Waals surface area contributed by atoms with E-state index in [1.54, 1.807) is 18.3 Å². The molecule has 0 spiro atoms. The van der Waals surface area contributed by atoms with Gasteiger partial charge in [-0.3, -0.25) is 19.5 Å². The lowest BCUT2D eigenvalue weighted by Gasteiger charge is -2.11. The number of carbonyl (C=O) groups is 2. The van der Waals surface area contributed by atoms with Gasteiger partial charge in [0.25, 0.3) is 5.24 Å². The summed E-state index contributed by atoms with van der Waals surface area (Å²) in [5.41, 5.74) is 0.733. The lowest BCUT2D eigenvalue weighted by molar-refractivity contribution is -0.125. The van der Waals surface area contributed by atoms with Crippen LogP contribution >= 0.6 is 11.8 Å². The van der Waals surface area contributed by atoms with Crippen LogP contribution in [0.4, 0.5) is 4.79 Å². The highest BCUT2D eigenvalue weighted by atomic mass is 32.2. The highest BCUT2D eigenvalue weighted by Crippen LogP contribution is 2.20. The number of carbonyl (C=O) groups excluding carboxylic acids is 2. The third-order valence-electron chi connectivity index (χ3n) is 1.89. The van der Waals surface area contributed by atoms with Crippen molar-refractivity contribution >= 4 is 22.9 Å². The smallest absolute Gasteiger partial charge is 0.273 e. The fourth-order valence-electron chi connectivity index (χ4n) is 1.19. The molecule has 14 heavy (non-hydrogen) atoms. The number of thioether (sulfide) groups is 1. The summed E-state index contributed by atoms with van der Waals surface area (Å²) >= 11 is 1.04. The maximum absolute atomic E-state index is 11.2. The van der Waals surface area contributed by atoms with E-state index in [-0.39, 0.29) is 23.4 Å². The van der Waals surface area contributed by atoms with Crippen molar-refractivity contribution in [3.63, 3.8) is 0 Å². The van der Waals surface area contributed by atoms with Crippen molar-refractivity contribution in [2.24, 2.45) is 0 Å². The van der Waals surface area contributed by atoms with Crippen molar-refractivity contribution in [1.29, 1.82) is 0 Å². The van der Waals surface area contributed by atoms with Gasteiger partial charge in [-0.1, -0.05) is 17.8 Å². The van der Waals surface area contributed by atoms with Gasteiger partial charge in [0.15, 0.2) is 0 Å². The number of hydrogen-bond donors (Lipinski definition) is 0. The first-order valence-electron chi connectivity index (χ1n) is 4.14. The Morgan fingerprint density at radius 1 is 1.43 bits per heavy atom. The molecule has 5 heteroatoms. The van der Waals surface area contributed by atoms with Crippen LogP contribution in [-0.2, 0) is 11.3 Å². The lowest BCUT2D eigenvalue weighted by atomic mass is 10.3. The molecule has 1 aromatic rings. The van der Waals surface area contributed by atoms with Crippen LogP contribution < -0.4 is 0 Å². The van der Waals surface area contributed by atoms with E-state index in [1.807, 2.05) is 6.07 Å². The molecule has 0 atom stereocenters. The Balaban J connectivity index is 2.11. The Morgan fingerprint density at radius 3 is 2.86 bits per heavy atom. The van der Waals surface area contributed by atoms with E-state index >= 15 is 0 Å². The number of amides is 2. The van der Waals surface area contributed by atoms with Crippen LogP contribution in [0, 0.1) is 0 Å². The first kappa shape index (κ1) is 9.21. The first-order valence-corrected chi connectivity index (χ1v) is 5.13. The van der Waals surface area contributed by atoms with E-state index in [4.69, 9.17) is 0 Å². The Morgan fingerprint density at radius 2 is 2.29 bits per heavy atom. The number of pyridine rings is 1. The summed E-state index contributed by atoms with van der Waals surface area (Å²) in [5, 5.41) is -0.180.